The molecule has 0 saturated carbocycles. The summed E-state index contributed by atoms with van der Waals surface area (Å²) in [5.41, 5.74) is 3.61. The number of benzene rings is 1. The third-order valence-electron chi connectivity index (χ3n) is 8.30. The van der Waals surface area contributed by atoms with E-state index in [9.17, 15) is 4.79 Å². The zero-order chi connectivity index (χ0) is 20.7. The molecular formula is C25H37N3O2. The lowest BCUT2D eigenvalue weighted by atomic mass is 9.79. The molecule has 2 atom stereocenters. The SMILES string of the molecule is CCc1cc(N2CCC(N3CCCC3C)C2)ccc1N1CCC2(CCOCC2)C1=O. The minimum Gasteiger partial charge on any atom is -0.381 e. The molecule has 1 spiro atoms. The Morgan fingerprint density at radius 1 is 1.10 bits per heavy atom. The number of rotatable bonds is 4. The first-order valence-corrected chi connectivity index (χ1v) is 12.1. The maximum absolute atomic E-state index is 13.4. The van der Waals surface area contributed by atoms with E-state index in [0.29, 0.717) is 11.9 Å². The molecule has 2 unspecified atom stereocenters. The van der Waals surface area contributed by atoms with E-state index < -0.39 is 0 Å². The Morgan fingerprint density at radius 2 is 1.93 bits per heavy atom. The maximum Gasteiger partial charge on any atom is 0.233 e. The molecule has 1 amide bonds. The first-order chi connectivity index (χ1) is 14.6. The molecule has 5 nitrogen and oxygen atoms in total. The van der Waals surface area contributed by atoms with Crippen molar-refractivity contribution < 1.29 is 9.53 Å². The molecule has 4 fully saturated rings. The molecule has 5 heteroatoms. The summed E-state index contributed by atoms with van der Waals surface area (Å²) in [6.07, 6.45) is 7.67. The second-order valence-electron chi connectivity index (χ2n) is 9.88. The third kappa shape index (κ3) is 3.44. The van der Waals surface area contributed by atoms with Crippen LogP contribution in [0.5, 0.6) is 0 Å². The largest absolute Gasteiger partial charge is 0.381 e. The van der Waals surface area contributed by atoms with E-state index in [4.69, 9.17) is 4.74 Å². The fourth-order valence-electron chi connectivity index (χ4n) is 6.34. The summed E-state index contributed by atoms with van der Waals surface area (Å²) in [5.74, 6) is 0.331. The summed E-state index contributed by atoms with van der Waals surface area (Å²) in [4.78, 5) is 20.7. The molecule has 0 aliphatic carbocycles. The van der Waals surface area contributed by atoms with Crippen LogP contribution in [0.15, 0.2) is 18.2 Å². The van der Waals surface area contributed by atoms with Crippen LogP contribution in [-0.2, 0) is 16.0 Å². The average molecular weight is 412 g/mol. The minimum atomic E-state index is -0.170. The Morgan fingerprint density at radius 3 is 2.67 bits per heavy atom. The predicted octanol–water partition coefficient (Wildman–Crippen LogP) is 3.85. The summed E-state index contributed by atoms with van der Waals surface area (Å²) < 4.78 is 5.54. The lowest BCUT2D eigenvalue weighted by Gasteiger charge is -2.32. The third-order valence-corrected chi connectivity index (χ3v) is 8.30. The zero-order valence-corrected chi connectivity index (χ0v) is 18.7. The molecule has 4 saturated heterocycles. The molecule has 1 aromatic rings. The van der Waals surface area contributed by atoms with Crippen molar-refractivity contribution >= 4 is 17.3 Å². The van der Waals surface area contributed by atoms with Crippen LogP contribution < -0.4 is 9.80 Å². The van der Waals surface area contributed by atoms with Gasteiger partial charge in [0.05, 0.1) is 5.41 Å². The normalized spacial score (nSPS) is 29.5. The van der Waals surface area contributed by atoms with Crippen LogP contribution in [0.2, 0.25) is 0 Å². The van der Waals surface area contributed by atoms with Crippen molar-refractivity contribution in [2.75, 3.05) is 49.2 Å². The van der Waals surface area contributed by atoms with Crippen molar-refractivity contribution in [1.29, 1.82) is 0 Å². The number of amides is 1. The molecule has 0 bridgehead atoms. The number of ether oxygens (including phenoxy) is 1. The van der Waals surface area contributed by atoms with Crippen LogP contribution in [0.25, 0.3) is 0 Å². The summed E-state index contributed by atoms with van der Waals surface area (Å²) in [5, 5.41) is 0. The smallest absolute Gasteiger partial charge is 0.233 e. The fraction of sp³-hybridized carbons (Fsp3) is 0.720. The van der Waals surface area contributed by atoms with E-state index in [2.05, 4.69) is 46.7 Å². The lowest BCUT2D eigenvalue weighted by Crippen LogP contribution is -2.39. The number of hydrogen-bond donors (Lipinski definition) is 0. The number of carbonyl (C=O) groups excluding carboxylic acids is 1. The van der Waals surface area contributed by atoms with E-state index >= 15 is 0 Å². The summed E-state index contributed by atoms with van der Waals surface area (Å²) in [6, 6.07) is 8.26. The van der Waals surface area contributed by atoms with E-state index in [0.717, 1.165) is 70.3 Å². The van der Waals surface area contributed by atoms with Crippen LogP contribution in [-0.4, -0.2) is 62.3 Å². The van der Waals surface area contributed by atoms with Gasteiger partial charge < -0.3 is 14.5 Å². The zero-order valence-electron chi connectivity index (χ0n) is 18.7. The second-order valence-corrected chi connectivity index (χ2v) is 9.88. The van der Waals surface area contributed by atoms with E-state index in [1.807, 2.05) is 0 Å². The van der Waals surface area contributed by atoms with Crippen molar-refractivity contribution in [1.82, 2.24) is 4.90 Å². The standard InChI is InChI=1S/C25H37N3O2/c1-3-20-17-21(26-13-8-22(18-26)27-12-4-5-19(27)2)6-7-23(20)28-14-9-25(24(28)29)10-15-30-16-11-25/h6-7,17,19,22H,3-5,8-16,18H2,1-2H3. The van der Waals surface area contributed by atoms with Crippen molar-refractivity contribution in [2.24, 2.45) is 5.41 Å². The Kier molecular flexibility index (Phi) is 5.53. The first kappa shape index (κ1) is 20.3. The average Bonchev–Trinajstić information content (AvgIpc) is 3.49. The van der Waals surface area contributed by atoms with Gasteiger partial charge in [-0.2, -0.15) is 0 Å². The van der Waals surface area contributed by atoms with E-state index in [1.165, 1.54) is 37.1 Å². The number of nitrogens with zero attached hydrogens (tertiary/aromatic N) is 3. The minimum absolute atomic E-state index is 0.170. The van der Waals surface area contributed by atoms with Crippen molar-refractivity contribution in [3.63, 3.8) is 0 Å². The van der Waals surface area contributed by atoms with Gasteiger partial charge in [0.15, 0.2) is 0 Å². The number of hydrogen-bond acceptors (Lipinski definition) is 4. The van der Waals surface area contributed by atoms with Gasteiger partial charge in [-0.3, -0.25) is 9.69 Å². The van der Waals surface area contributed by atoms with Crippen LogP contribution >= 0.6 is 0 Å². The van der Waals surface area contributed by atoms with Crippen molar-refractivity contribution in [2.45, 2.75) is 70.9 Å². The quantitative estimate of drug-likeness (QED) is 0.754. The topological polar surface area (TPSA) is 36.0 Å². The Labute approximate surface area is 181 Å². The Balaban J connectivity index is 1.32. The van der Waals surface area contributed by atoms with Crippen molar-refractivity contribution in [3.05, 3.63) is 23.8 Å². The van der Waals surface area contributed by atoms with Gasteiger partial charge in [-0.15, -0.1) is 0 Å². The molecule has 30 heavy (non-hydrogen) atoms. The van der Waals surface area contributed by atoms with Gasteiger partial charge in [0.1, 0.15) is 0 Å². The van der Waals surface area contributed by atoms with Gasteiger partial charge in [-0.05, 0) is 82.2 Å². The van der Waals surface area contributed by atoms with Crippen molar-refractivity contribution in [3.8, 4) is 0 Å². The van der Waals surface area contributed by atoms with Crippen LogP contribution in [0.3, 0.4) is 0 Å². The van der Waals surface area contributed by atoms with Gasteiger partial charge in [0.2, 0.25) is 5.91 Å². The van der Waals surface area contributed by atoms with Gasteiger partial charge in [-0.25, -0.2) is 0 Å². The monoisotopic (exact) mass is 411 g/mol. The first-order valence-electron chi connectivity index (χ1n) is 12.1. The number of carbonyl (C=O) groups is 1. The summed E-state index contributed by atoms with van der Waals surface area (Å²) >= 11 is 0. The molecule has 164 valence electrons. The predicted molar refractivity (Wildman–Crippen MR) is 121 cm³/mol. The molecule has 4 aliphatic rings. The van der Waals surface area contributed by atoms with E-state index in [1.54, 1.807) is 0 Å². The van der Waals surface area contributed by atoms with Gasteiger partial charge in [0.25, 0.3) is 0 Å². The molecule has 0 aromatic heterocycles. The van der Waals surface area contributed by atoms with Gasteiger partial charge in [-0.1, -0.05) is 6.92 Å². The maximum atomic E-state index is 13.4. The van der Waals surface area contributed by atoms with Crippen LogP contribution in [0, 0.1) is 5.41 Å². The lowest BCUT2D eigenvalue weighted by molar-refractivity contribution is -0.130. The fourth-order valence-corrected chi connectivity index (χ4v) is 6.34. The number of aryl methyl sites for hydroxylation is 1. The highest BCUT2D eigenvalue weighted by atomic mass is 16.5. The molecule has 4 heterocycles. The highest BCUT2D eigenvalue weighted by Crippen LogP contribution is 2.44. The highest BCUT2D eigenvalue weighted by Gasteiger charge is 2.48. The molecule has 1 aromatic carbocycles. The Bertz CT molecular complexity index is 789. The van der Waals surface area contributed by atoms with Gasteiger partial charge in [0, 0.05) is 56.3 Å². The number of anilines is 2. The van der Waals surface area contributed by atoms with Crippen LogP contribution in [0.1, 0.15) is 57.9 Å². The van der Waals surface area contributed by atoms with Crippen LogP contribution in [0.4, 0.5) is 11.4 Å². The second kappa shape index (κ2) is 8.16. The molecule has 0 N–H and O–H groups in total. The Hall–Kier alpha value is -1.59. The van der Waals surface area contributed by atoms with Gasteiger partial charge >= 0.3 is 0 Å². The van der Waals surface area contributed by atoms with E-state index in [-0.39, 0.29) is 5.41 Å². The molecular weight excluding hydrogens is 374 g/mol. The molecule has 5 rings (SSSR count). The molecule has 4 aliphatic heterocycles. The summed E-state index contributed by atoms with van der Waals surface area (Å²) in [6.45, 7) is 10.5. The number of likely N-dealkylation sites (tertiary alicyclic amines) is 1. The summed E-state index contributed by atoms with van der Waals surface area (Å²) in [7, 11) is 0. The molecule has 0 radical (unpaired) electrons. The highest BCUT2D eigenvalue weighted by molar-refractivity contribution is 6.00.